The van der Waals surface area contributed by atoms with Gasteiger partial charge in [-0.05, 0) is 25.0 Å². The van der Waals surface area contributed by atoms with E-state index >= 15 is 0 Å². The lowest BCUT2D eigenvalue weighted by atomic mass is 9.96. The largest absolute Gasteiger partial charge is 0.481 e. The van der Waals surface area contributed by atoms with E-state index < -0.39 is 0 Å². The fourth-order valence-electron chi connectivity index (χ4n) is 3.50. The molecular formula is C19H22N6O2. The number of rotatable bonds is 4. The number of anilines is 1. The Labute approximate surface area is 157 Å². The second-order valence-electron chi connectivity index (χ2n) is 6.60. The van der Waals surface area contributed by atoms with Crippen LogP contribution < -0.4 is 15.3 Å². The predicted molar refractivity (Wildman–Crippen MR) is 102 cm³/mol. The maximum atomic E-state index is 12.6. The molecule has 4 rings (SSSR count). The van der Waals surface area contributed by atoms with Crippen LogP contribution in [-0.2, 0) is 7.05 Å². The van der Waals surface area contributed by atoms with Gasteiger partial charge in [-0.3, -0.25) is 0 Å². The van der Waals surface area contributed by atoms with Crippen LogP contribution >= 0.6 is 0 Å². The third-order valence-corrected chi connectivity index (χ3v) is 4.93. The van der Waals surface area contributed by atoms with Gasteiger partial charge in [0.05, 0.1) is 12.8 Å². The molecule has 27 heavy (non-hydrogen) atoms. The van der Waals surface area contributed by atoms with E-state index in [9.17, 15) is 4.79 Å². The number of aromatic nitrogens is 5. The molecule has 0 amide bonds. The Kier molecular flexibility index (Phi) is 4.62. The molecule has 0 bridgehead atoms. The third kappa shape index (κ3) is 3.30. The van der Waals surface area contributed by atoms with Crippen molar-refractivity contribution >= 4 is 5.95 Å². The van der Waals surface area contributed by atoms with Crippen molar-refractivity contribution in [1.29, 1.82) is 0 Å². The molecule has 0 spiro atoms. The molecule has 1 aromatic carbocycles. The average Bonchev–Trinajstić information content (AvgIpc) is 3.03. The fraction of sp³-hybridized carbons (Fsp3) is 0.368. The topological polar surface area (TPSA) is 78.1 Å². The summed E-state index contributed by atoms with van der Waals surface area (Å²) >= 11 is 0. The molecule has 8 nitrogen and oxygen atoms in total. The van der Waals surface area contributed by atoms with Crippen molar-refractivity contribution < 1.29 is 4.74 Å². The van der Waals surface area contributed by atoms with Crippen molar-refractivity contribution in [3.05, 3.63) is 58.9 Å². The molecule has 8 heteroatoms. The van der Waals surface area contributed by atoms with Crippen LogP contribution in [0.2, 0.25) is 0 Å². The van der Waals surface area contributed by atoms with Crippen molar-refractivity contribution in [3.8, 4) is 11.6 Å². The van der Waals surface area contributed by atoms with Crippen LogP contribution in [0.15, 0.2) is 47.4 Å². The van der Waals surface area contributed by atoms with Crippen molar-refractivity contribution in [1.82, 2.24) is 24.3 Å². The zero-order valence-corrected chi connectivity index (χ0v) is 15.4. The van der Waals surface area contributed by atoms with Crippen molar-refractivity contribution in [2.75, 3.05) is 25.1 Å². The van der Waals surface area contributed by atoms with Gasteiger partial charge in [0.15, 0.2) is 0 Å². The molecule has 0 unspecified atom stereocenters. The van der Waals surface area contributed by atoms with Gasteiger partial charge >= 0.3 is 5.69 Å². The lowest BCUT2D eigenvalue weighted by Gasteiger charge is -2.31. The number of para-hydroxylation sites is 1. The smallest absolute Gasteiger partial charge is 0.350 e. The molecular weight excluding hydrogens is 344 g/mol. The quantitative estimate of drug-likeness (QED) is 0.700. The Bertz CT molecular complexity index is 973. The molecule has 140 valence electrons. The van der Waals surface area contributed by atoms with Crippen LogP contribution in [-0.4, -0.2) is 44.5 Å². The molecule has 1 aliphatic heterocycles. The first-order valence-corrected chi connectivity index (χ1v) is 9.00. The number of aryl methyl sites for hydroxylation is 1. The van der Waals surface area contributed by atoms with E-state index in [2.05, 4.69) is 20.0 Å². The number of hydrogen-bond donors (Lipinski definition) is 0. The van der Waals surface area contributed by atoms with Crippen LogP contribution in [0.5, 0.6) is 5.88 Å². The summed E-state index contributed by atoms with van der Waals surface area (Å²) in [6.45, 7) is 1.61. The number of hydrogen-bond acceptors (Lipinski definition) is 6. The zero-order valence-electron chi connectivity index (χ0n) is 15.4. The highest BCUT2D eigenvalue weighted by Crippen LogP contribution is 2.29. The Hall–Kier alpha value is -3.16. The molecule has 0 saturated carbocycles. The SMILES string of the molecule is COc1ccnc(N2CCC(c3nn(C)c(=O)n3-c3ccccc3)CC2)n1. The van der Waals surface area contributed by atoms with Gasteiger partial charge < -0.3 is 9.64 Å². The maximum absolute atomic E-state index is 12.6. The Morgan fingerprint density at radius 1 is 1.11 bits per heavy atom. The average molecular weight is 366 g/mol. The summed E-state index contributed by atoms with van der Waals surface area (Å²) in [4.78, 5) is 23.5. The van der Waals surface area contributed by atoms with Gasteiger partial charge in [0.25, 0.3) is 0 Å². The number of nitrogens with zero attached hydrogens (tertiary/aromatic N) is 6. The normalized spacial score (nSPS) is 15.1. The first-order valence-electron chi connectivity index (χ1n) is 9.00. The van der Waals surface area contributed by atoms with E-state index in [1.54, 1.807) is 31.0 Å². The van der Waals surface area contributed by atoms with E-state index in [0.29, 0.717) is 11.8 Å². The van der Waals surface area contributed by atoms with Crippen molar-refractivity contribution in [2.24, 2.45) is 7.05 Å². The van der Waals surface area contributed by atoms with Gasteiger partial charge in [0.1, 0.15) is 5.82 Å². The molecule has 0 atom stereocenters. The third-order valence-electron chi connectivity index (χ3n) is 4.93. The summed E-state index contributed by atoms with van der Waals surface area (Å²) in [5.74, 6) is 2.26. The van der Waals surface area contributed by atoms with Crippen molar-refractivity contribution in [2.45, 2.75) is 18.8 Å². The van der Waals surface area contributed by atoms with Crippen LogP contribution in [0, 0.1) is 0 Å². The predicted octanol–water partition coefficient (Wildman–Crippen LogP) is 1.75. The number of ether oxygens (including phenoxy) is 1. The van der Waals surface area contributed by atoms with Gasteiger partial charge in [-0.15, -0.1) is 0 Å². The highest BCUT2D eigenvalue weighted by atomic mass is 16.5. The van der Waals surface area contributed by atoms with E-state index in [-0.39, 0.29) is 11.6 Å². The summed E-state index contributed by atoms with van der Waals surface area (Å²) in [6.07, 6.45) is 3.47. The molecule has 1 aliphatic rings. The summed E-state index contributed by atoms with van der Waals surface area (Å²) in [5.41, 5.74) is 0.735. The zero-order chi connectivity index (χ0) is 18.8. The van der Waals surface area contributed by atoms with Gasteiger partial charge in [-0.2, -0.15) is 10.1 Å². The summed E-state index contributed by atoms with van der Waals surface area (Å²) in [7, 11) is 3.30. The lowest BCUT2D eigenvalue weighted by molar-refractivity contribution is 0.395. The Morgan fingerprint density at radius 2 is 1.85 bits per heavy atom. The molecule has 0 N–H and O–H groups in total. The molecule has 1 saturated heterocycles. The van der Waals surface area contributed by atoms with E-state index in [1.807, 2.05) is 30.3 Å². The number of piperidine rings is 1. The second-order valence-corrected chi connectivity index (χ2v) is 6.60. The monoisotopic (exact) mass is 366 g/mol. The minimum atomic E-state index is -0.116. The van der Waals surface area contributed by atoms with E-state index in [0.717, 1.165) is 37.4 Å². The first-order chi connectivity index (χ1) is 13.2. The summed E-state index contributed by atoms with van der Waals surface area (Å²) < 4.78 is 8.33. The minimum absolute atomic E-state index is 0.116. The van der Waals surface area contributed by atoms with Crippen LogP contribution in [0.4, 0.5) is 5.95 Å². The van der Waals surface area contributed by atoms with Crippen molar-refractivity contribution in [3.63, 3.8) is 0 Å². The lowest BCUT2D eigenvalue weighted by Crippen LogP contribution is -2.35. The van der Waals surface area contributed by atoms with E-state index in [4.69, 9.17) is 4.74 Å². The maximum Gasteiger partial charge on any atom is 0.350 e. The molecule has 1 fully saturated rings. The van der Waals surface area contributed by atoms with Gasteiger partial charge in [-0.1, -0.05) is 18.2 Å². The molecule has 0 radical (unpaired) electrons. The number of methoxy groups -OCH3 is 1. The second kappa shape index (κ2) is 7.22. The van der Waals surface area contributed by atoms with Crippen LogP contribution in [0.1, 0.15) is 24.6 Å². The molecule has 2 aromatic heterocycles. The van der Waals surface area contributed by atoms with Crippen LogP contribution in [0.25, 0.3) is 5.69 Å². The Balaban J connectivity index is 1.57. The first kappa shape index (κ1) is 17.3. The van der Waals surface area contributed by atoms with E-state index in [1.165, 1.54) is 4.68 Å². The standard InChI is InChI=1S/C19H22N6O2/c1-23-19(26)25(15-6-4-3-5-7-15)17(22-23)14-9-12-24(13-10-14)18-20-11-8-16(21-18)27-2/h3-8,11,14H,9-10,12-13H2,1-2H3. The molecule has 3 heterocycles. The Morgan fingerprint density at radius 3 is 2.56 bits per heavy atom. The summed E-state index contributed by atoms with van der Waals surface area (Å²) in [5, 5.41) is 4.53. The minimum Gasteiger partial charge on any atom is -0.481 e. The molecule has 3 aromatic rings. The highest BCUT2D eigenvalue weighted by molar-refractivity contribution is 5.35. The van der Waals surface area contributed by atoms with Gasteiger partial charge in [0.2, 0.25) is 11.8 Å². The highest BCUT2D eigenvalue weighted by Gasteiger charge is 2.28. The van der Waals surface area contributed by atoms with Crippen LogP contribution in [0.3, 0.4) is 0 Å². The van der Waals surface area contributed by atoms with Gasteiger partial charge in [0, 0.05) is 38.3 Å². The fourth-order valence-corrected chi connectivity index (χ4v) is 3.50. The summed E-state index contributed by atoms with van der Waals surface area (Å²) in [6, 6.07) is 11.4. The number of benzene rings is 1. The molecule has 0 aliphatic carbocycles. The van der Waals surface area contributed by atoms with Gasteiger partial charge in [-0.25, -0.2) is 19.0 Å².